The van der Waals surface area contributed by atoms with Crippen LogP contribution in [0.1, 0.15) is 233 Å². The number of rotatable bonds is 38. The molecule has 0 heterocycles. The maximum Gasteiger partial charge on any atom is 0.0786 e. The fourth-order valence-corrected chi connectivity index (χ4v) is 7.05. The van der Waals surface area contributed by atoms with Crippen molar-refractivity contribution in [1.29, 1.82) is 0 Å². The highest BCUT2D eigenvalue weighted by molar-refractivity contribution is 4.82. The fraction of sp³-hybridized carbons (Fsp3) is 0.909. The Kier molecular flexibility index (Phi) is 37.4. The van der Waals surface area contributed by atoms with Crippen LogP contribution < -0.4 is 0 Å². The Bertz CT molecular complexity index is 538. The fourth-order valence-electron chi connectivity index (χ4n) is 7.05. The molecule has 1 nitrogen and oxygen atoms in total. The van der Waals surface area contributed by atoms with E-state index >= 15 is 0 Å². The standard InChI is InChI=1S/C44H88N/c1-5-9-13-15-17-19-21-23-25-27-29-31-33-35-37-39-43-45(41-11-7-3,42-12-8-4)44-40-38-36-34-32-30-28-26-24-22-20-18-16-14-10-6-2/h23-26H,5-22,27-44H2,1-4H3/q+1/b25-23-,26-24-. The van der Waals surface area contributed by atoms with E-state index in [0.29, 0.717) is 0 Å². The smallest absolute Gasteiger partial charge is 0.0786 e. The van der Waals surface area contributed by atoms with Gasteiger partial charge in [0, 0.05) is 0 Å². The highest BCUT2D eigenvalue weighted by Crippen LogP contribution is 2.19. The second kappa shape index (κ2) is 37.9. The summed E-state index contributed by atoms with van der Waals surface area (Å²) < 4.78 is 1.44. The van der Waals surface area contributed by atoms with Crippen molar-refractivity contribution in [3.63, 3.8) is 0 Å². The minimum atomic E-state index is 1.31. The molecule has 0 aromatic carbocycles. The van der Waals surface area contributed by atoms with Gasteiger partial charge in [0.25, 0.3) is 0 Å². The van der Waals surface area contributed by atoms with Crippen LogP contribution in [0.2, 0.25) is 0 Å². The van der Waals surface area contributed by atoms with E-state index in [2.05, 4.69) is 52.0 Å². The topological polar surface area (TPSA) is 0 Å². The van der Waals surface area contributed by atoms with E-state index in [4.69, 9.17) is 0 Å². The Morgan fingerprint density at radius 1 is 0.244 bits per heavy atom. The van der Waals surface area contributed by atoms with Crippen molar-refractivity contribution in [1.82, 2.24) is 0 Å². The van der Waals surface area contributed by atoms with Gasteiger partial charge in [-0.2, -0.15) is 0 Å². The van der Waals surface area contributed by atoms with Crippen LogP contribution in [-0.2, 0) is 0 Å². The molecule has 268 valence electrons. The van der Waals surface area contributed by atoms with Crippen molar-refractivity contribution >= 4 is 0 Å². The predicted octanol–water partition coefficient (Wildman–Crippen LogP) is 15.5. The Morgan fingerprint density at radius 3 is 0.756 bits per heavy atom. The summed E-state index contributed by atoms with van der Waals surface area (Å²) in [5.41, 5.74) is 0. The number of unbranched alkanes of at least 4 members (excludes halogenated alkanes) is 26. The van der Waals surface area contributed by atoms with Crippen LogP contribution in [0.25, 0.3) is 0 Å². The molecule has 0 aromatic heterocycles. The minimum Gasteiger partial charge on any atom is -0.324 e. The highest BCUT2D eigenvalue weighted by Gasteiger charge is 2.25. The van der Waals surface area contributed by atoms with Crippen molar-refractivity contribution < 1.29 is 4.48 Å². The number of hydrogen-bond donors (Lipinski definition) is 0. The second-order valence-electron chi connectivity index (χ2n) is 14.8. The monoisotopic (exact) mass is 631 g/mol. The summed E-state index contributed by atoms with van der Waals surface area (Å²) >= 11 is 0. The molecule has 1 heteroatoms. The first-order valence-corrected chi connectivity index (χ1v) is 21.4. The molecule has 45 heavy (non-hydrogen) atoms. The molecule has 0 saturated heterocycles. The summed E-state index contributed by atoms with van der Waals surface area (Å²) in [7, 11) is 0. The molecule has 0 N–H and O–H groups in total. The summed E-state index contributed by atoms with van der Waals surface area (Å²) in [5.74, 6) is 0. The number of quaternary nitrogens is 1. The highest BCUT2D eigenvalue weighted by atomic mass is 15.3. The van der Waals surface area contributed by atoms with Gasteiger partial charge >= 0.3 is 0 Å². The van der Waals surface area contributed by atoms with Crippen molar-refractivity contribution in [2.75, 3.05) is 26.2 Å². The van der Waals surface area contributed by atoms with Crippen LogP contribution in [0.15, 0.2) is 24.3 Å². The van der Waals surface area contributed by atoms with E-state index in [1.807, 2.05) is 0 Å². The maximum atomic E-state index is 2.47. The third-order valence-corrected chi connectivity index (χ3v) is 10.3. The lowest BCUT2D eigenvalue weighted by atomic mass is 10.1. The number of nitrogens with zero attached hydrogens (tertiary/aromatic N) is 1. The lowest BCUT2D eigenvalue weighted by Gasteiger charge is -2.39. The van der Waals surface area contributed by atoms with E-state index in [1.54, 1.807) is 0 Å². The first-order valence-electron chi connectivity index (χ1n) is 21.4. The molecule has 0 atom stereocenters. The van der Waals surface area contributed by atoms with Crippen molar-refractivity contribution in [3.05, 3.63) is 24.3 Å². The molecule has 0 radical (unpaired) electrons. The maximum absolute atomic E-state index is 2.47. The van der Waals surface area contributed by atoms with E-state index in [9.17, 15) is 0 Å². The van der Waals surface area contributed by atoms with Crippen molar-refractivity contribution in [2.45, 2.75) is 233 Å². The Labute approximate surface area is 287 Å². The van der Waals surface area contributed by atoms with Crippen LogP contribution in [0, 0.1) is 0 Å². The molecule has 0 rings (SSSR count). The van der Waals surface area contributed by atoms with Gasteiger partial charge in [0.2, 0.25) is 0 Å². The van der Waals surface area contributed by atoms with E-state index in [1.165, 1.54) is 236 Å². The first-order chi connectivity index (χ1) is 22.2. The van der Waals surface area contributed by atoms with Crippen LogP contribution in [0.4, 0.5) is 0 Å². The van der Waals surface area contributed by atoms with Gasteiger partial charge in [-0.3, -0.25) is 0 Å². The Morgan fingerprint density at radius 2 is 0.467 bits per heavy atom. The zero-order chi connectivity index (χ0) is 32.8. The van der Waals surface area contributed by atoms with E-state index in [-0.39, 0.29) is 0 Å². The van der Waals surface area contributed by atoms with Crippen LogP contribution in [-0.4, -0.2) is 30.7 Å². The summed E-state index contributed by atoms with van der Waals surface area (Å²) in [5, 5.41) is 0. The molecule has 0 spiro atoms. The molecule has 0 aromatic rings. The van der Waals surface area contributed by atoms with Gasteiger partial charge in [0.05, 0.1) is 26.2 Å². The Hall–Kier alpha value is -0.560. The second-order valence-corrected chi connectivity index (χ2v) is 14.8. The number of allylic oxidation sites excluding steroid dienone is 4. The SMILES string of the molecule is CCCCCCCC/C=C\CCCCCCCC[N+](CCCC)(CCCC)CCCCCCCC/C=C\CCCCCCCC. The van der Waals surface area contributed by atoms with E-state index < -0.39 is 0 Å². The van der Waals surface area contributed by atoms with Gasteiger partial charge < -0.3 is 4.48 Å². The Balaban J connectivity index is 4.02. The third kappa shape index (κ3) is 33.1. The zero-order valence-corrected chi connectivity index (χ0v) is 32.2. The lowest BCUT2D eigenvalue weighted by Crippen LogP contribution is -2.50. The molecular weight excluding hydrogens is 542 g/mol. The van der Waals surface area contributed by atoms with Crippen molar-refractivity contribution in [2.24, 2.45) is 0 Å². The molecule has 0 fully saturated rings. The van der Waals surface area contributed by atoms with Gasteiger partial charge in [-0.25, -0.2) is 0 Å². The van der Waals surface area contributed by atoms with Crippen LogP contribution >= 0.6 is 0 Å². The van der Waals surface area contributed by atoms with Gasteiger partial charge in [0.15, 0.2) is 0 Å². The quantitative estimate of drug-likeness (QED) is 0.0362. The van der Waals surface area contributed by atoms with Gasteiger partial charge in [-0.05, 0) is 89.9 Å². The predicted molar refractivity (Wildman–Crippen MR) is 208 cm³/mol. The first kappa shape index (κ1) is 44.4. The molecule has 0 aliphatic rings. The molecule has 0 aliphatic heterocycles. The molecule has 0 unspecified atom stereocenters. The van der Waals surface area contributed by atoms with E-state index in [0.717, 1.165) is 0 Å². The van der Waals surface area contributed by atoms with Crippen molar-refractivity contribution in [3.8, 4) is 0 Å². The molecular formula is C44H88N+. The molecule has 0 bridgehead atoms. The van der Waals surface area contributed by atoms with Gasteiger partial charge in [0.1, 0.15) is 0 Å². The largest absolute Gasteiger partial charge is 0.324 e. The number of hydrogen-bond acceptors (Lipinski definition) is 0. The average Bonchev–Trinajstić information content (AvgIpc) is 3.05. The summed E-state index contributed by atoms with van der Waals surface area (Å²) in [6.07, 6.45) is 54.9. The van der Waals surface area contributed by atoms with Gasteiger partial charge in [-0.1, -0.05) is 168 Å². The van der Waals surface area contributed by atoms with Crippen LogP contribution in [0.5, 0.6) is 0 Å². The molecule has 0 aliphatic carbocycles. The average molecular weight is 631 g/mol. The zero-order valence-electron chi connectivity index (χ0n) is 32.2. The molecule has 0 saturated carbocycles. The lowest BCUT2D eigenvalue weighted by molar-refractivity contribution is -0.929. The summed E-state index contributed by atoms with van der Waals surface area (Å²) in [4.78, 5) is 0. The minimum absolute atomic E-state index is 1.31. The third-order valence-electron chi connectivity index (χ3n) is 10.3. The molecule has 0 amide bonds. The van der Waals surface area contributed by atoms with Crippen LogP contribution in [0.3, 0.4) is 0 Å². The van der Waals surface area contributed by atoms with Gasteiger partial charge in [-0.15, -0.1) is 0 Å². The normalized spacial score (nSPS) is 12.4. The summed E-state index contributed by atoms with van der Waals surface area (Å²) in [6, 6.07) is 0. The summed E-state index contributed by atoms with van der Waals surface area (Å²) in [6.45, 7) is 15.2.